The van der Waals surface area contributed by atoms with E-state index in [0.717, 1.165) is 16.7 Å². The van der Waals surface area contributed by atoms with Crippen molar-refractivity contribution in [3.05, 3.63) is 94.0 Å². The molecule has 1 amide bonds. The van der Waals surface area contributed by atoms with Crippen LogP contribution in [0, 0.1) is 0 Å². The minimum Gasteiger partial charge on any atom is -0.507 e. The van der Waals surface area contributed by atoms with Crippen LogP contribution < -0.4 is 9.64 Å². The van der Waals surface area contributed by atoms with Crippen LogP contribution in [0.15, 0.2) is 72.3 Å². The Morgan fingerprint density at radius 3 is 2.44 bits per heavy atom. The highest BCUT2D eigenvalue weighted by Gasteiger charge is 2.48. The number of aliphatic hydroxyl groups is 1. The highest BCUT2D eigenvalue weighted by atomic mass is 35.5. The molecule has 0 aliphatic carbocycles. The Balaban J connectivity index is 1.68. The molecule has 1 saturated heterocycles. The van der Waals surface area contributed by atoms with Crippen LogP contribution in [0.25, 0.3) is 16.0 Å². The van der Waals surface area contributed by atoms with Gasteiger partial charge < -0.3 is 9.84 Å². The molecular formula is C28H23ClN2O4S. The van der Waals surface area contributed by atoms with Gasteiger partial charge in [0.1, 0.15) is 11.5 Å². The van der Waals surface area contributed by atoms with Crippen LogP contribution in [-0.4, -0.2) is 28.4 Å². The van der Waals surface area contributed by atoms with Gasteiger partial charge in [-0.1, -0.05) is 54.1 Å². The number of thiazole rings is 1. The number of rotatable bonds is 6. The van der Waals surface area contributed by atoms with Gasteiger partial charge in [0.25, 0.3) is 5.78 Å². The predicted molar refractivity (Wildman–Crippen MR) is 143 cm³/mol. The summed E-state index contributed by atoms with van der Waals surface area (Å²) in [6, 6.07) is 18.9. The Morgan fingerprint density at radius 2 is 1.78 bits per heavy atom. The minimum atomic E-state index is -0.835. The molecule has 4 aromatic rings. The Morgan fingerprint density at radius 1 is 1.06 bits per heavy atom. The second-order valence-corrected chi connectivity index (χ2v) is 9.78. The number of ether oxygens (including phenoxy) is 1. The molecule has 182 valence electrons. The van der Waals surface area contributed by atoms with Gasteiger partial charge in [0.05, 0.1) is 28.4 Å². The molecule has 2 heterocycles. The van der Waals surface area contributed by atoms with Crippen molar-refractivity contribution >= 4 is 55.7 Å². The third-order valence-electron chi connectivity index (χ3n) is 6.13. The number of benzene rings is 3. The van der Waals surface area contributed by atoms with Gasteiger partial charge in [0, 0.05) is 10.6 Å². The fourth-order valence-electron chi connectivity index (χ4n) is 4.30. The summed E-state index contributed by atoms with van der Waals surface area (Å²) in [7, 11) is 0. The Labute approximate surface area is 217 Å². The standard InChI is InChI=1S/C28H23ClN2O4S/c1-3-16-5-7-17(8-6-16)24-23(25(32)18-9-12-20(13-10-18)35-4-2)26(33)27(34)31(24)28-30-21-14-11-19(29)15-22(21)36-28/h5-15,24,32H,3-4H2,1-2H3. The van der Waals surface area contributed by atoms with Gasteiger partial charge in [-0.3, -0.25) is 14.5 Å². The third-order valence-corrected chi connectivity index (χ3v) is 7.38. The molecule has 0 radical (unpaired) electrons. The normalized spacial score (nSPS) is 17.2. The van der Waals surface area contributed by atoms with E-state index < -0.39 is 17.7 Å². The SMILES string of the molecule is CCOc1ccc(C(O)=C2C(=O)C(=O)N(c3nc4ccc(Cl)cc4s3)C2c2ccc(CC)cc2)cc1. The fourth-order valence-corrected chi connectivity index (χ4v) is 5.57. The van der Waals surface area contributed by atoms with Crippen molar-refractivity contribution in [3.63, 3.8) is 0 Å². The molecule has 1 aliphatic heterocycles. The average molecular weight is 519 g/mol. The van der Waals surface area contributed by atoms with E-state index in [1.54, 1.807) is 42.5 Å². The number of nitrogens with zero attached hydrogens (tertiary/aromatic N) is 2. The van der Waals surface area contributed by atoms with Gasteiger partial charge >= 0.3 is 5.91 Å². The van der Waals surface area contributed by atoms with E-state index in [2.05, 4.69) is 11.9 Å². The maximum Gasteiger partial charge on any atom is 0.301 e. The van der Waals surface area contributed by atoms with Gasteiger partial charge in [-0.15, -0.1) is 0 Å². The average Bonchev–Trinajstić information content (AvgIpc) is 3.42. The van der Waals surface area contributed by atoms with E-state index in [1.165, 1.54) is 16.2 Å². The zero-order valence-electron chi connectivity index (χ0n) is 19.7. The molecule has 1 unspecified atom stereocenters. The minimum absolute atomic E-state index is 0.0192. The molecule has 1 fully saturated rings. The van der Waals surface area contributed by atoms with Crippen LogP contribution in [0.1, 0.15) is 36.6 Å². The summed E-state index contributed by atoms with van der Waals surface area (Å²) < 4.78 is 6.28. The molecule has 36 heavy (non-hydrogen) atoms. The lowest BCUT2D eigenvalue weighted by Gasteiger charge is -2.23. The molecule has 1 aliphatic rings. The first-order valence-corrected chi connectivity index (χ1v) is 12.8. The van der Waals surface area contributed by atoms with Crippen LogP contribution in [0.4, 0.5) is 5.13 Å². The summed E-state index contributed by atoms with van der Waals surface area (Å²) in [5.41, 5.74) is 2.94. The number of aliphatic hydroxyl groups excluding tert-OH is 1. The largest absolute Gasteiger partial charge is 0.507 e. The molecule has 5 rings (SSSR count). The molecular weight excluding hydrogens is 496 g/mol. The number of hydrogen-bond acceptors (Lipinski definition) is 6. The van der Waals surface area contributed by atoms with Crippen LogP contribution in [0.5, 0.6) is 5.75 Å². The first kappa shape index (κ1) is 24.0. The van der Waals surface area contributed by atoms with Crippen molar-refractivity contribution in [1.82, 2.24) is 4.98 Å². The molecule has 1 N–H and O–H groups in total. The summed E-state index contributed by atoms with van der Waals surface area (Å²) in [5.74, 6) is -1.09. The number of anilines is 1. The molecule has 1 atom stereocenters. The van der Waals surface area contributed by atoms with Crippen molar-refractivity contribution in [2.24, 2.45) is 0 Å². The van der Waals surface area contributed by atoms with E-state index in [-0.39, 0.29) is 11.3 Å². The number of ketones is 1. The van der Waals surface area contributed by atoms with Crippen LogP contribution in [0.3, 0.4) is 0 Å². The highest BCUT2D eigenvalue weighted by molar-refractivity contribution is 7.22. The molecule has 0 spiro atoms. The lowest BCUT2D eigenvalue weighted by atomic mass is 9.94. The Kier molecular flexibility index (Phi) is 6.51. The number of carbonyl (C=O) groups is 2. The van der Waals surface area contributed by atoms with Crippen molar-refractivity contribution in [2.75, 3.05) is 11.5 Å². The molecule has 3 aromatic carbocycles. The van der Waals surface area contributed by atoms with Gasteiger partial charge in [-0.2, -0.15) is 0 Å². The van der Waals surface area contributed by atoms with E-state index in [9.17, 15) is 14.7 Å². The molecule has 0 bridgehead atoms. The number of carbonyl (C=O) groups excluding carboxylic acids is 2. The topological polar surface area (TPSA) is 79.7 Å². The summed E-state index contributed by atoms with van der Waals surface area (Å²) in [5, 5.41) is 12.2. The fraction of sp³-hybridized carbons (Fsp3) is 0.179. The number of aromatic nitrogens is 1. The lowest BCUT2D eigenvalue weighted by molar-refractivity contribution is -0.132. The number of amides is 1. The first-order valence-electron chi connectivity index (χ1n) is 11.6. The van der Waals surface area contributed by atoms with Gasteiger partial charge in [0.15, 0.2) is 5.13 Å². The number of fused-ring (bicyclic) bond motifs is 1. The third kappa shape index (κ3) is 4.25. The van der Waals surface area contributed by atoms with E-state index in [0.29, 0.717) is 39.2 Å². The summed E-state index contributed by atoms with van der Waals surface area (Å²) >= 11 is 7.42. The quantitative estimate of drug-likeness (QED) is 0.178. The predicted octanol–water partition coefficient (Wildman–Crippen LogP) is 6.54. The van der Waals surface area contributed by atoms with Crippen molar-refractivity contribution < 1.29 is 19.4 Å². The van der Waals surface area contributed by atoms with E-state index in [1.807, 2.05) is 31.2 Å². The van der Waals surface area contributed by atoms with Crippen LogP contribution in [0.2, 0.25) is 5.02 Å². The van der Waals surface area contributed by atoms with E-state index >= 15 is 0 Å². The molecule has 1 aromatic heterocycles. The first-order chi connectivity index (χ1) is 17.4. The van der Waals surface area contributed by atoms with Crippen molar-refractivity contribution in [1.29, 1.82) is 0 Å². The molecule has 6 nitrogen and oxygen atoms in total. The smallest absolute Gasteiger partial charge is 0.301 e. The number of halogens is 1. The van der Waals surface area contributed by atoms with Crippen LogP contribution in [-0.2, 0) is 16.0 Å². The van der Waals surface area contributed by atoms with Crippen molar-refractivity contribution in [3.8, 4) is 5.75 Å². The second-order valence-electron chi connectivity index (χ2n) is 8.33. The number of hydrogen-bond donors (Lipinski definition) is 1. The van der Waals surface area contributed by atoms with Gasteiger partial charge in [-0.05, 0) is 66.9 Å². The summed E-state index contributed by atoms with van der Waals surface area (Å²) in [4.78, 5) is 32.8. The van der Waals surface area contributed by atoms with Crippen molar-refractivity contribution in [2.45, 2.75) is 26.3 Å². The number of aryl methyl sites for hydroxylation is 1. The summed E-state index contributed by atoms with van der Waals surface area (Å²) in [6.07, 6.45) is 0.852. The zero-order chi connectivity index (χ0) is 25.4. The lowest BCUT2D eigenvalue weighted by Crippen LogP contribution is -2.29. The Hall–Kier alpha value is -3.68. The highest BCUT2D eigenvalue weighted by Crippen LogP contribution is 2.44. The van der Waals surface area contributed by atoms with Crippen LogP contribution >= 0.6 is 22.9 Å². The second kappa shape index (κ2) is 9.76. The van der Waals surface area contributed by atoms with E-state index in [4.69, 9.17) is 16.3 Å². The Bertz CT molecular complexity index is 1490. The molecule has 8 heteroatoms. The molecule has 0 saturated carbocycles. The maximum absolute atomic E-state index is 13.4. The number of Topliss-reactive ketones (excluding diaryl/α,β-unsaturated/α-hetero) is 1. The maximum atomic E-state index is 13.4. The monoisotopic (exact) mass is 518 g/mol. The zero-order valence-corrected chi connectivity index (χ0v) is 21.3. The van der Waals surface area contributed by atoms with Gasteiger partial charge in [-0.25, -0.2) is 4.98 Å². The van der Waals surface area contributed by atoms with Gasteiger partial charge in [0.2, 0.25) is 0 Å². The summed E-state index contributed by atoms with van der Waals surface area (Å²) in [6.45, 7) is 4.45.